The van der Waals surface area contributed by atoms with Gasteiger partial charge in [-0.25, -0.2) is 0 Å². The van der Waals surface area contributed by atoms with Crippen LogP contribution in [0.1, 0.15) is 26.4 Å². The van der Waals surface area contributed by atoms with E-state index in [0.29, 0.717) is 10.4 Å². The molecule has 0 radical (unpaired) electrons. The molecule has 0 atom stereocenters. The van der Waals surface area contributed by atoms with Crippen molar-refractivity contribution in [3.8, 4) is 0 Å². The largest absolute Gasteiger partial charge is 0.416 e. The molecular formula is C13H7Br2F3OS. The first-order valence-corrected chi connectivity index (χ1v) is 7.78. The third-order valence-corrected chi connectivity index (χ3v) is 5.92. The average molecular weight is 428 g/mol. The summed E-state index contributed by atoms with van der Waals surface area (Å²) in [5, 5.41) is 0. The smallest absolute Gasteiger partial charge is 0.288 e. The first-order valence-electron chi connectivity index (χ1n) is 5.37. The van der Waals surface area contributed by atoms with E-state index in [0.717, 1.165) is 20.4 Å². The number of hydrogen-bond donors (Lipinski definition) is 0. The van der Waals surface area contributed by atoms with Crippen LogP contribution in [0.2, 0.25) is 0 Å². The van der Waals surface area contributed by atoms with Gasteiger partial charge in [-0.2, -0.15) is 13.2 Å². The van der Waals surface area contributed by atoms with Crippen LogP contribution in [0, 0.1) is 6.92 Å². The van der Waals surface area contributed by atoms with Gasteiger partial charge in [0.05, 0.1) is 14.2 Å². The lowest BCUT2D eigenvalue weighted by molar-refractivity contribution is -0.137. The quantitative estimate of drug-likeness (QED) is 0.551. The fraction of sp³-hybridized carbons (Fsp3) is 0.154. The third-order valence-electron chi connectivity index (χ3n) is 2.67. The molecule has 1 aromatic carbocycles. The standard InChI is InChI=1S/C13H7Br2F3OS/c1-6-4-7(13(16,17)18)2-3-8(6)11(19)10-5-9(14)12(15)20-10/h2-5H,1H3. The highest BCUT2D eigenvalue weighted by Crippen LogP contribution is 2.35. The Morgan fingerprint density at radius 1 is 1.20 bits per heavy atom. The SMILES string of the molecule is Cc1cc(C(F)(F)F)ccc1C(=O)c1cc(Br)c(Br)s1. The summed E-state index contributed by atoms with van der Waals surface area (Å²) in [6, 6.07) is 4.79. The van der Waals surface area contributed by atoms with E-state index in [-0.39, 0.29) is 11.3 Å². The van der Waals surface area contributed by atoms with Gasteiger partial charge in [-0.1, -0.05) is 6.07 Å². The van der Waals surface area contributed by atoms with Crippen LogP contribution >= 0.6 is 43.2 Å². The van der Waals surface area contributed by atoms with Crippen LogP contribution in [0.5, 0.6) is 0 Å². The van der Waals surface area contributed by atoms with Gasteiger partial charge in [0.1, 0.15) is 0 Å². The van der Waals surface area contributed by atoms with E-state index in [2.05, 4.69) is 31.9 Å². The molecule has 0 fully saturated rings. The van der Waals surface area contributed by atoms with E-state index < -0.39 is 11.7 Å². The maximum atomic E-state index is 12.6. The summed E-state index contributed by atoms with van der Waals surface area (Å²) in [6.45, 7) is 1.50. The molecule has 2 aromatic rings. The van der Waals surface area contributed by atoms with Crippen molar-refractivity contribution in [2.45, 2.75) is 13.1 Å². The van der Waals surface area contributed by atoms with Crippen LogP contribution in [-0.4, -0.2) is 5.78 Å². The van der Waals surface area contributed by atoms with Crippen molar-refractivity contribution >= 4 is 49.0 Å². The number of aryl methyl sites for hydroxylation is 1. The summed E-state index contributed by atoms with van der Waals surface area (Å²) < 4.78 is 39.3. The second-order valence-corrected chi connectivity index (χ2v) is 7.31. The van der Waals surface area contributed by atoms with Crippen LogP contribution < -0.4 is 0 Å². The van der Waals surface area contributed by atoms with E-state index in [1.165, 1.54) is 24.3 Å². The zero-order valence-electron chi connectivity index (χ0n) is 10.0. The number of carbonyl (C=O) groups is 1. The van der Waals surface area contributed by atoms with Crippen molar-refractivity contribution in [2.24, 2.45) is 0 Å². The zero-order chi connectivity index (χ0) is 15.1. The van der Waals surface area contributed by atoms with Crippen LogP contribution in [0.15, 0.2) is 32.5 Å². The molecule has 0 saturated heterocycles. The Labute approximate surface area is 134 Å². The van der Waals surface area contributed by atoms with Crippen molar-refractivity contribution in [3.05, 3.63) is 54.1 Å². The molecule has 0 bridgehead atoms. The lowest BCUT2D eigenvalue weighted by atomic mass is 10.0. The van der Waals surface area contributed by atoms with Crippen LogP contribution in [0.25, 0.3) is 0 Å². The molecule has 0 aliphatic carbocycles. The number of halogens is 5. The minimum Gasteiger partial charge on any atom is -0.288 e. The lowest BCUT2D eigenvalue weighted by Gasteiger charge is -2.09. The summed E-state index contributed by atoms with van der Waals surface area (Å²) in [5.41, 5.74) is -0.162. The van der Waals surface area contributed by atoms with Gasteiger partial charge < -0.3 is 0 Å². The fourth-order valence-electron chi connectivity index (χ4n) is 1.69. The fourth-order valence-corrected chi connectivity index (χ4v) is 3.68. The molecule has 0 N–H and O–H groups in total. The predicted molar refractivity (Wildman–Crippen MR) is 79.3 cm³/mol. The number of ketones is 1. The molecule has 0 spiro atoms. The molecule has 0 aliphatic rings. The van der Waals surface area contributed by atoms with Crippen molar-refractivity contribution < 1.29 is 18.0 Å². The molecule has 1 aromatic heterocycles. The van der Waals surface area contributed by atoms with Crippen molar-refractivity contribution in [3.63, 3.8) is 0 Å². The molecule has 0 saturated carbocycles. The highest BCUT2D eigenvalue weighted by Gasteiger charge is 2.31. The first-order chi connectivity index (χ1) is 9.20. The monoisotopic (exact) mass is 426 g/mol. The number of rotatable bonds is 2. The van der Waals surface area contributed by atoms with E-state index >= 15 is 0 Å². The second kappa shape index (κ2) is 5.61. The Balaban J connectivity index is 2.41. The Hall–Kier alpha value is -0.660. The number of alkyl halides is 3. The van der Waals surface area contributed by atoms with Crippen LogP contribution in [0.3, 0.4) is 0 Å². The van der Waals surface area contributed by atoms with Crippen LogP contribution in [0.4, 0.5) is 13.2 Å². The van der Waals surface area contributed by atoms with Gasteiger partial charge >= 0.3 is 6.18 Å². The van der Waals surface area contributed by atoms with Gasteiger partial charge in [0.2, 0.25) is 5.78 Å². The summed E-state index contributed by atoms with van der Waals surface area (Å²) in [5.74, 6) is -0.285. The molecule has 106 valence electrons. The predicted octanol–water partition coefficient (Wildman–Crippen LogP) is 5.83. The van der Waals surface area contributed by atoms with E-state index in [4.69, 9.17) is 0 Å². The number of carbonyl (C=O) groups excluding carboxylic acids is 1. The van der Waals surface area contributed by atoms with Crippen molar-refractivity contribution in [1.29, 1.82) is 0 Å². The maximum absolute atomic E-state index is 12.6. The van der Waals surface area contributed by atoms with E-state index in [1.54, 1.807) is 6.07 Å². The number of benzene rings is 1. The van der Waals surface area contributed by atoms with Gasteiger partial charge in [0.25, 0.3) is 0 Å². The van der Waals surface area contributed by atoms with Gasteiger partial charge in [-0.15, -0.1) is 11.3 Å². The third kappa shape index (κ3) is 3.15. The van der Waals surface area contributed by atoms with E-state index in [9.17, 15) is 18.0 Å². The van der Waals surface area contributed by atoms with Gasteiger partial charge in [-0.05, 0) is 62.5 Å². The lowest BCUT2D eigenvalue weighted by Crippen LogP contribution is -2.08. The normalized spacial score (nSPS) is 11.7. The Bertz CT molecular complexity index is 657. The van der Waals surface area contributed by atoms with Crippen molar-refractivity contribution in [2.75, 3.05) is 0 Å². The topological polar surface area (TPSA) is 17.1 Å². The number of hydrogen-bond acceptors (Lipinski definition) is 2. The number of thiophene rings is 1. The molecule has 1 nitrogen and oxygen atoms in total. The molecule has 20 heavy (non-hydrogen) atoms. The minimum atomic E-state index is -4.40. The van der Waals surface area contributed by atoms with Gasteiger partial charge in [0, 0.05) is 10.0 Å². The molecule has 0 aliphatic heterocycles. The van der Waals surface area contributed by atoms with Gasteiger partial charge in [-0.3, -0.25) is 4.79 Å². The maximum Gasteiger partial charge on any atom is 0.416 e. The summed E-state index contributed by atoms with van der Waals surface area (Å²) in [6.07, 6.45) is -4.40. The average Bonchev–Trinajstić information content (AvgIpc) is 2.67. The molecule has 7 heteroatoms. The Morgan fingerprint density at radius 2 is 1.85 bits per heavy atom. The highest BCUT2D eigenvalue weighted by atomic mass is 79.9. The molecule has 2 rings (SSSR count). The summed E-state index contributed by atoms with van der Waals surface area (Å²) in [7, 11) is 0. The molecule has 0 unspecified atom stereocenters. The second-order valence-electron chi connectivity index (χ2n) is 4.09. The summed E-state index contributed by atoms with van der Waals surface area (Å²) in [4.78, 5) is 12.7. The van der Waals surface area contributed by atoms with Crippen molar-refractivity contribution in [1.82, 2.24) is 0 Å². The molecule has 1 heterocycles. The zero-order valence-corrected chi connectivity index (χ0v) is 14.0. The molecular weight excluding hydrogens is 421 g/mol. The van der Waals surface area contributed by atoms with Gasteiger partial charge in [0.15, 0.2) is 0 Å². The molecule has 0 amide bonds. The summed E-state index contributed by atoms with van der Waals surface area (Å²) >= 11 is 7.79. The van der Waals surface area contributed by atoms with E-state index in [1.807, 2.05) is 0 Å². The minimum absolute atomic E-state index is 0.277. The Kier molecular flexibility index (Phi) is 4.41. The van der Waals surface area contributed by atoms with Crippen LogP contribution in [-0.2, 0) is 6.18 Å². The highest BCUT2D eigenvalue weighted by molar-refractivity contribution is 9.13. The first kappa shape index (κ1) is 15.7. The Morgan fingerprint density at radius 3 is 2.30 bits per heavy atom.